The molecule has 0 bridgehead atoms. The highest BCUT2D eigenvalue weighted by molar-refractivity contribution is 7.74. The third-order valence-electron chi connectivity index (χ3n) is 3.26. The van der Waals surface area contributed by atoms with E-state index < -0.39 is 7.14 Å². The van der Waals surface area contributed by atoms with E-state index in [1.807, 2.05) is 50.0 Å². The lowest BCUT2D eigenvalue weighted by Gasteiger charge is -2.28. The van der Waals surface area contributed by atoms with Gasteiger partial charge in [0.15, 0.2) is 0 Å². The maximum atomic E-state index is 13.0. The molecule has 0 saturated carbocycles. The molecule has 0 radical (unpaired) electrons. The average molecular weight is 301 g/mol. The van der Waals surface area contributed by atoms with Crippen molar-refractivity contribution in [1.29, 1.82) is 0 Å². The van der Waals surface area contributed by atoms with Gasteiger partial charge in [0, 0.05) is 11.5 Å². The Kier molecular flexibility index (Phi) is 4.06. The molecule has 18 heavy (non-hydrogen) atoms. The fourth-order valence-corrected chi connectivity index (χ4v) is 6.09. The third-order valence-corrected chi connectivity index (χ3v) is 6.74. The molecule has 1 nitrogen and oxygen atoms in total. The minimum Gasteiger partial charge on any atom is -0.314 e. The summed E-state index contributed by atoms with van der Waals surface area (Å²) in [4.78, 5) is 0. The molecule has 0 saturated heterocycles. The SMILES string of the molecule is CC1=CP(=O)(c2ccccc2)C[C@@H](C)C1=C(Cl)Cl. The van der Waals surface area contributed by atoms with E-state index in [0.717, 1.165) is 16.5 Å². The van der Waals surface area contributed by atoms with Gasteiger partial charge in [-0.25, -0.2) is 0 Å². The standard InChI is InChI=1S/C14H15Cl2OP/c1-10-8-18(17,12-6-4-3-5-7-12)9-11(2)13(10)14(15)16/h3-8,11H,9H2,1-2H3/t11-,18?/m1/s1. The van der Waals surface area contributed by atoms with Gasteiger partial charge in [-0.15, -0.1) is 0 Å². The zero-order valence-electron chi connectivity index (χ0n) is 10.4. The summed E-state index contributed by atoms with van der Waals surface area (Å²) < 4.78 is 13.3. The number of halogens is 2. The number of rotatable bonds is 1. The second-order valence-electron chi connectivity index (χ2n) is 4.70. The molecular formula is C14H15Cl2OP. The van der Waals surface area contributed by atoms with Gasteiger partial charge in [0.2, 0.25) is 0 Å². The van der Waals surface area contributed by atoms with Gasteiger partial charge < -0.3 is 4.57 Å². The zero-order valence-corrected chi connectivity index (χ0v) is 12.8. The van der Waals surface area contributed by atoms with Crippen LogP contribution in [0.25, 0.3) is 0 Å². The van der Waals surface area contributed by atoms with Crippen molar-refractivity contribution in [3.8, 4) is 0 Å². The fourth-order valence-electron chi connectivity index (χ4n) is 2.52. The predicted octanol–water partition coefficient (Wildman–Crippen LogP) is 4.92. The van der Waals surface area contributed by atoms with Crippen LogP contribution in [0.4, 0.5) is 0 Å². The van der Waals surface area contributed by atoms with Crippen molar-refractivity contribution in [2.24, 2.45) is 5.92 Å². The van der Waals surface area contributed by atoms with Crippen LogP contribution >= 0.6 is 30.3 Å². The second-order valence-corrected chi connectivity index (χ2v) is 8.38. The number of hydrogen-bond donors (Lipinski definition) is 0. The van der Waals surface area contributed by atoms with Crippen LogP contribution in [0.3, 0.4) is 0 Å². The largest absolute Gasteiger partial charge is 0.314 e. The summed E-state index contributed by atoms with van der Waals surface area (Å²) in [7, 11) is -2.47. The van der Waals surface area contributed by atoms with Crippen molar-refractivity contribution in [2.45, 2.75) is 13.8 Å². The van der Waals surface area contributed by atoms with E-state index in [0.29, 0.717) is 6.16 Å². The van der Waals surface area contributed by atoms with E-state index in [1.54, 1.807) is 0 Å². The molecular weight excluding hydrogens is 286 g/mol. The monoisotopic (exact) mass is 300 g/mol. The van der Waals surface area contributed by atoms with Crippen molar-refractivity contribution < 1.29 is 4.57 Å². The summed E-state index contributed by atoms with van der Waals surface area (Å²) >= 11 is 11.8. The first-order chi connectivity index (χ1) is 8.44. The first-order valence-corrected chi connectivity index (χ1v) is 8.55. The minimum absolute atomic E-state index is 0.117. The lowest BCUT2D eigenvalue weighted by molar-refractivity contribution is 0.578. The molecule has 0 spiro atoms. The Bertz CT molecular complexity index is 556. The van der Waals surface area contributed by atoms with Gasteiger partial charge in [0.25, 0.3) is 0 Å². The summed E-state index contributed by atoms with van der Waals surface area (Å²) in [6.07, 6.45) is 0.590. The highest BCUT2D eigenvalue weighted by Gasteiger charge is 2.32. The molecule has 1 aromatic carbocycles. The molecule has 1 aliphatic rings. The summed E-state index contributed by atoms with van der Waals surface area (Å²) in [6.45, 7) is 3.94. The first-order valence-electron chi connectivity index (χ1n) is 5.83. The molecule has 0 N–H and O–H groups in total. The maximum absolute atomic E-state index is 13.0. The Morgan fingerprint density at radius 1 is 1.28 bits per heavy atom. The quantitative estimate of drug-likeness (QED) is 0.673. The topological polar surface area (TPSA) is 17.1 Å². The molecule has 0 fully saturated rings. The molecule has 0 aromatic heterocycles. The molecule has 96 valence electrons. The molecule has 1 aromatic rings. The highest BCUT2D eigenvalue weighted by atomic mass is 35.5. The van der Waals surface area contributed by atoms with Gasteiger partial charge in [-0.2, -0.15) is 0 Å². The smallest absolute Gasteiger partial charge is 0.137 e. The van der Waals surface area contributed by atoms with Crippen LogP contribution in [0.1, 0.15) is 13.8 Å². The molecule has 1 unspecified atom stereocenters. The van der Waals surface area contributed by atoms with Crippen LogP contribution in [0.15, 0.2) is 51.8 Å². The average Bonchev–Trinajstić information content (AvgIpc) is 2.28. The van der Waals surface area contributed by atoms with Crippen molar-refractivity contribution in [3.63, 3.8) is 0 Å². The Morgan fingerprint density at radius 2 is 1.89 bits per heavy atom. The summed E-state index contributed by atoms with van der Waals surface area (Å²) in [5.41, 5.74) is 1.85. The van der Waals surface area contributed by atoms with Crippen molar-refractivity contribution >= 4 is 35.6 Å². The van der Waals surface area contributed by atoms with E-state index in [1.165, 1.54) is 0 Å². The predicted molar refractivity (Wildman–Crippen MR) is 80.2 cm³/mol. The summed E-state index contributed by atoms with van der Waals surface area (Å²) in [5, 5.41) is 0.904. The van der Waals surface area contributed by atoms with Crippen LogP contribution in [-0.4, -0.2) is 6.16 Å². The third kappa shape index (κ3) is 2.59. The zero-order chi connectivity index (χ0) is 13.3. The lowest BCUT2D eigenvalue weighted by Crippen LogP contribution is -2.18. The van der Waals surface area contributed by atoms with Gasteiger partial charge >= 0.3 is 0 Å². The Balaban J connectivity index is 2.52. The van der Waals surface area contributed by atoms with Crippen molar-refractivity contribution in [2.75, 3.05) is 6.16 Å². The van der Waals surface area contributed by atoms with Crippen LogP contribution in [0.5, 0.6) is 0 Å². The maximum Gasteiger partial charge on any atom is 0.137 e. The Hall–Kier alpha value is -0.490. The van der Waals surface area contributed by atoms with Gasteiger partial charge in [0.05, 0.1) is 0 Å². The molecule has 2 rings (SSSR count). The normalized spacial score (nSPS) is 27.9. The van der Waals surface area contributed by atoms with E-state index in [4.69, 9.17) is 23.2 Å². The summed E-state index contributed by atoms with van der Waals surface area (Å²) in [5.74, 6) is 1.97. The van der Waals surface area contributed by atoms with Crippen LogP contribution in [0, 0.1) is 5.92 Å². The van der Waals surface area contributed by atoms with Crippen molar-refractivity contribution in [3.05, 3.63) is 51.8 Å². The van der Waals surface area contributed by atoms with Gasteiger partial charge in [-0.1, -0.05) is 60.5 Å². The Morgan fingerprint density at radius 3 is 2.39 bits per heavy atom. The van der Waals surface area contributed by atoms with E-state index in [-0.39, 0.29) is 10.4 Å². The van der Waals surface area contributed by atoms with Gasteiger partial charge in [0.1, 0.15) is 11.6 Å². The molecule has 1 aliphatic heterocycles. The van der Waals surface area contributed by atoms with Gasteiger partial charge in [-0.05, 0) is 29.8 Å². The Labute approximate surface area is 118 Å². The lowest BCUT2D eigenvalue weighted by atomic mass is 9.99. The minimum atomic E-state index is -2.47. The van der Waals surface area contributed by atoms with E-state index in [9.17, 15) is 4.57 Å². The highest BCUT2D eigenvalue weighted by Crippen LogP contribution is 2.55. The molecule has 4 heteroatoms. The van der Waals surface area contributed by atoms with E-state index in [2.05, 4.69) is 0 Å². The summed E-state index contributed by atoms with van der Waals surface area (Å²) in [6, 6.07) is 9.62. The molecule has 0 amide bonds. The fraction of sp³-hybridized carbons (Fsp3) is 0.286. The molecule has 1 heterocycles. The molecule has 2 atom stereocenters. The number of allylic oxidation sites excluding steroid dienone is 2. The van der Waals surface area contributed by atoms with Crippen LogP contribution in [0.2, 0.25) is 0 Å². The van der Waals surface area contributed by atoms with Crippen molar-refractivity contribution in [1.82, 2.24) is 0 Å². The van der Waals surface area contributed by atoms with Gasteiger partial charge in [-0.3, -0.25) is 0 Å². The second kappa shape index (κ2) is 5.25. The number of hydrogen-bond acceptors (Lipinski definition) is 1. The molecule has 0 aliphatic carbocycles. The van der Waals surface area contributed by atoms with Crippen LogP contribution < -0.4 is 5.30 Å². The number of benzene rings is 1. The van der Waals surface area contributed by atoms with Crippen LogP contribution in [-0.2, 0) is 4.57 Å². The first kappa shape index (κ1) is 13.9. The van der Waals surface area contributed by atoms with E-state index >= 15 is 0 Å².